The van der Waals surface area contributed by atoms with Crippen molar-refractivity contribution in [1.29, 1.82) is 0 Å². The van der Waals surface area contributed by atoms with Gasteiger partial charge in [0.1, 0.15) is 13.2 Å². The minimum Gasteiger partial charge on any atom is -0.462 e. The minimum absolute atomic E-state index is 0.0865. The van der Waals surface area contributed by atoms with Crippen LogP contribution in [0.15, 0.2) is 109 Å². The van der Waals surface area contributed by atoms with E-state index in [1.807, 2.05) is 0 Å². The maximum Gasteiger partial charge on any atom is 0.306 e. The van der Waals surface area contributed by atoms with E-state index in [-0.39, 0.29) is 31.1 Å². The minimum atomic E-state index is -0.794. The van der Waals surface area contributed by atoms with Gasteiger partial charge >= 0.3 is 17.9 Å². The summed E-state index contributed by atoms with van der Waals surface area (Å²) in [7, 11) is 0. The lowest BCUT2D eigenvalue weighted by Crippen LogP contribution is -2.30. The van der Waals surface area contributed by atoms with Gasteiger partial charge in [-0.2, -0.15) is 0 Å². The first kappa shape index (κ1) is 78.1. The Morgan fingerprint density at radius 3 is 0.744 bits per heavy atom. The molecular weight excluding hydrogens is 1010 g/mol. The van der Waals surface area contributed by atoms with Crippen molar-refractivity contribution >= 4 is 17.9 Å². The molecule has 0 aliphatic heterocycles. The molecule has 0 saturated heterocycles. The van der Waals surface area contributed by atoms with Crippen LogP contribution in [0.4, 0.5) is 0 Å². The van der Waals surface area contributed by atoms with Crippen LogP contribution in [0, 0.1) is 0 Å². The van der Waals surface area contributed by atoms with E-state index in [2.05, 4.69) is 130 Å². The molecule has 0 spiro atoms. The molecule has 82 heavy (non-hydrogen) atoms. The zero-order valence-electron chi connectivity index (χ0n) is 54.0. The second kappa shape index (κ2) is 69.6. The maximum atomic E-state index is 13.0. The van der Waals surface area contributed by atoms with E-state index in [0.717, 1.165) is 135 Å². The molecule has 0 aliphatic rings. The van der Waals surface area contributed by atoms with Gasteiger partial charge in [-0.25, -0.2) is 0 Å². The van der Waals surface area contributed by atoms with Crippen LogP contribution in [0.3, 0.4) is 0 Å². The van der Waals surface area contributed by atoms with Gasteiger partial charge in [-0.1, -0.05) is 316 Å². The highest BCUT2D eigenvalue weighted by atomic mass is 16.6. The zero-order valence-corrected chi connectivity index (χ0v) is 54.0. The predicted molar refractivity (Wildman–Crippen MR) is 357 cm³/mol. The summed E-state index contributed by atoms with van der Waals surface area (Å²) >= 11 is 0. The van der Waals surface area contributed by atoms with Gasteiger partial charge in [0.05, 0.1) is 0 Å². The molecule has 0 amide bonds. The van der Waals surface area contributed by atoms with Crippen LogP contribution in [-0.2, 0) is 28.6 Å². The topological polar surface area (TPSA) is 78.9 Å². The lowest BCUT2D eigenvalue weighted by atomic mass is 10.0. The van der Waals surface area contributed by atoms with Crippen molar-refractivity contribution in [3.63, 3.8) is 0 Å². The quantitative estimate of drug-likeness (QED) is 0.0261. The number of carbonyl (C=O) groups excluding carboxylic acids is 3. The first-order valence-corrected chi connectivity index (χ1v) is 34.9. The van der Waals surface area contributed by atoms with E-state index in [9.17, 15) is 14.4 Å². The molecule has 0 fully saturated rings. The molecule has 0 rings (SSSR count). The van der Waals surface area contributed by atoms with Gasteiger partial charge in [0, 0.05) is 19.3 Å². The summed E-state index contributed by atoms with van der Waals surface area (Å²) in [4.78, 5) is 38.5. The second-order valence-electron chi connectivity index (χ2n) is 23.1. The van der Waals surface area contributed by atoms with Crippen LogP contribution in [0.2, 0.25) is 0 Å². The average molecular weight is 1140 g/mol. The number of ether oxygens (including phenoxy) is 3. The molecule has 470 valence electrons. The Morgan fingerprint density at radius 1 is 0.256 bits per heavy atom. The zero-order chi connectivity index (χ0) is 59.2. The molecular formula is C76H130O6. The Balaban J connectivity index is 4.43. The van der Waals surface area contributed by atoms with Gasteiger partial charge in [0.2, 0.25) is 0 Å². The van der Waals surface area contributed by atoms with Crippen molar-refractivity contribution in [3.05, 3.63) is 109 Å². The maximum absolute atomic E-state index is 13.0. The van der Waals surface area contributed by atoms with E-state index in [4.69, 9.17) is 14.2 Å². The Labute approximate surface area is 508 Å². The fourth-order valence-electron chi connectivity index (χ4n) is 9.81. The molecule has 0 aromatic carbocycles. The summed E-state index contributed by atoms with van der Waals surface area (Å²) in [5.41, 5.74) is 0. The van der Waals surface area contributed by atoms with E-state index in [1.165, 1.54) is 161 Å². The molecule has 0 bridgehead atoms. The van der Waals surface area contributed by atoms with Crippen LogP contribution >= 0.6 is 0 Å². The summed E-state index contributed by atoms with van der Waals surface area (Å²) in [6.45, 7) is 6.53. The highest BCUT2D eigenvalue weighted by Crippen LogP contribution is 2.17. The normalized spacial score (nSPS) is 12.8. The lowest BCUT2D eigenvalue weighted by molar-refractivity contribution is -0.167. The number of unbranched alkanes of at least 4 members (excludes halogenated alkanes) is 34. The third kappa shape index (κ3) is 66.9. The van der Waals surface area contributed by atoms with E-state index >= 15 is 0 Å². The summed E-state index contributed by atoms with van der Waals surface area (Å²) in [5.74, 6) is -0.900. The lowest BCUT2D eigenvalue weighted by Gasteiger charge is -2.18. The molecule has 0 N–H and O–H groups in total. The van der Waals surface area contributed by atoms with Gasteiger partial charge in [-0.05, 0) is 109 Å². The van der Waals surface area contributed by atoms with Crippen molar-refractivity contribution in [2.75, 3.05) is 13.2 Å². The third-order valence-corrected chi connectivity index (χ3v) is 15.0. The number of allylic oxidation sites excluding steroid dienone is 18. The average Bonchev–Trinajstić information content (AvgIpc) is 3.47. The molecule has 0 aromatic rings. The highest BCUT2D eigenvalue weighted by molar-refractivity contribution is 5.71. The summed E-state index contributed by atoms with van der Waals surface area (Å²) < 4.78 is 17.0. The smallest absolute Gasteiger partial charge is 0.306 e. The van der Waals surface area contributed by atoms with Crippen LogP contribution < -0.4 is 0 Å². The van der Waals surface area contributed by atoms with Crippen LogP contribution in [-0.4, -0.2) is 37.2 Å². The monoisotopic (exact) mass is 1140 g/mol. The predicted octanol–water partition coefficient (Wildman–Crippen LogP) is 24.2. The first-order chi connectivity index (χ1) is 40.5. The summed E-state index contributed by atoms with van der Waals surface area (Å²) in [6.07, 6.45) is 95.2. The molecule has 1 atom stereocenters. The number of carbonyl (C=O) groups is 3. The Kier molecular flexibility index (Phi) is 66.2. The molecule has 6 nitrogen and oxygen atoms in total. The Hall–Kier alpha value is -3.93. The molecule has 0 aliphatic carbocycles. The van der Waals surface area contributed by atoms with E-state index in [1.54, 1.807) is 0 Å². The first-order valence-electron chi connectivity index (χ1n) is 34.9. The Bertz CT molecular complexity index is 1640. The largest absolute Gasteiger partial charge is 0.462 e. The van der Waals surface area contributed by atoms with E-state index in [0.29, 0.717) is 19.3 Å². The summed E-state index contributed by atoms with van der Waals surface area (Å²) in [5, 5.41) is 0. The van der Waals surface area contributed by atoms with Gasteiger partial charge in [-0.3, -0.25) is 14.4 Å². The van der Waals surface area contributed by atoms with Crippen LogP contribution in [0.5, 0.6) is 0 Å². The van der Waals surface area contributed by atoms with Crippen molar-refractivity contribution < 1.29 is 28.6 Å². The van der Waals surface area contributed by atoms with Crippen molar-refractivity contribution in [2.45, 2.75) is 341 Å². The van der Waals surface area contributed by atoms with Gasteiger partial charge in [-0.15, -0.1) is 0 Å². The van der Waals surface area contributed by atoms with Crippen LogP contribution in [0.25, 0.3) is 0 Å². The number of rotatable bonds is 63. The van der Waals surface area contributed by atoms with Gasteiger partial charge in [0.25, 0.3) is 0 Å². The van der Waals surface area contributed by atoms with Gasteiger partial charge in [0.15, 0.2) is 6.10 Å². The fraction of sp³-hybridized carbons (Fsp3) is 0.724. The molecule has 1 unspecified atom stereocenters. The number of hydrogen-bond acceptors (Lipinski definition) is 6. The van der Waals surface area contributed by atoms with Crippen molar-refractivity contribution in [1.82, 2.24) is 0 Å². The highest BCUT2D eigenvalue weighted by Gasteiger charge is 2.19. The Morgan fingerprint density at radius 2 is 0.476 bits per heavy atom. The standard InChI is InChI=1S/C76H130O6/c1-4-7-10-13-16-19-22-25-28-31-34-36-37-38-39-41-42-45-48-51-54-57-60-63-66-69-75(78)81-72-73(71-80-74(77)68-65-62-59-56-53-50-47-44-33-30-27-24-21-18-15-12-9-6-3)82-76(79)70-67-64-61-58-55-52-49-46-43-40-35-32-29-26-23-20-17-14-11-8-5-2/h7,10,16,19,23,25-26,28,32,34-36,38-39,42-43,45-46,73H,4-6,8-9,11-15,17-18,20-22,24,27,29-31,33,37,40-41,44,47-72H2,1-3H3/b10-7-,19-16-,26-23-,28-25-,35-32-,36-34-,39-38-,45-42-,46-43-. The SMILES string of the molecule is CC/C=C\C/C=C\C/C=C\C/C=C\C/C=C\C/C=C\CCCCCCCCC(=O)OCC(COC(=O)CCCCCCCCCCCCCCCCCCCC)OC(=O)CCCCCCCC/C=C\C/C=C\C/C=C\CCCCCCC. The fourth-order valence-corrected chi connectivity index (χ4v) is 9.81. The molecule has 0 heterocycles. The van der Waals surface area contributed by atoms with Crippen molar-refractivity contribution in [3.8, 4) is 0 Å². The number of hydrogen-bond donors (Lipinski definition) is 0. The van der Waals surface area contributed by atoms with E-state index < -0.39 is 6.10 Å². The summed E-state index contributed by atoms with van der Waals surface area (Å²) in [6, 6.07) is 0. The van der Waals surface area contributed by atoms with Crippen molar-refractivity contribution in [2.24, 2.45) is 0 Å². The number of esters is 3. The van der Waals surface area contributed by atoms with Gasteiger partial charge < -0.3 is 14.2 Å². The molecule has 0 aromatic heterocycles. The molecule has 0 radical (unpaired) electrons. The molecule has 6 heteroatoms. The second-order valence-corrected chi connectivity index (χ2v) is 23.1. The third-order valence-electron chi connectivity index (χ3n) is 15.0. The molecule has 0 saturated carbocycles. The van der Waals surface area contributed by atoms with Crippen LogP contribution in [0.1, 0.15) is 335 Å².